The zero-order valence-electron chi connectivity index (χ0n) is 25.4. The molecule has 1 aromatic heterocycles. The third-order valence-electron chi connectivity index (χ3n) is 7.27. The van der Waals surface area contributed by atoms with Gasteiger partial charge in [0.25, 0.3) is 0 Å². The van der Waals surface area contributed by atoms with E-state index in [1.165, 1.54) is 4.90 Å². The molecule has 0 spiro atoms. The van der Waals surface area contributed by atoms with Crippen LogP contribution in [0.25, 0.3) is 11.1 Å². The van der Waals surface area contributed by atoms with Crippen LogP contribution in [0.1, 0.15) is 44.5 Å². The van der Waals surface area contributed by atoms with E-state index in [9.17, 15) is 33.4 Å². The van der Waals surface area contributed by atoms with Gasteiger partial charge in [-0.15, -0.1) is 0 Å². The number of amides is 2. The topological polar surface area (TPSA) is 150 Å². The highest BCUT2D eigenvalue weighted by atomic mass is 19.1. The number of carbonyl (C=O) groups excluding carboxylic acids is 2. The number of hydrogen-bond acceptors (Lipinski definition) is 6. The van der Waals surface area contributed by atoms with Crippen molar-refractivity contribution in [3.8, 4) is 11.1 Å². The van der Waals surface area contributed by atoms with Gasteiger partial charge in [0.1, 0.15) is 24.3 Å². The molecule has 3 aromatic rings. The van der Waals surface area contributed by atoms with Crippen molar-refractivity contribution in [1.29, 1.82) is 0 Å². The lowest BCUT2D eigenvalue weighted by molar-refractivity contribution is -0.142. The normalized spacial score (nSPS) is 13.6. The third kappa shape index (κ3) is 8.71. The number of aliphatic carboxylic acids is 1. The minimum Gasteiger partial charge on any atom is -0.480 e. The minimum absolute atomic E-state index is 0.0122. The van der Waals surface area contributed by atoms with Crippen LogP contribution >= 0.6 is 0 Å². The Labute approximate surface area is 255 Å². The predicted octanol–water partition coefficient (Wildman–Crippen LogP) is 2.90. The van der Waals surface area contributed by atoms with E-state index >= 15 is 0 Å². The van der Waals surface area contributed by atoms with Gasteiger partial charge >= 0.3 is 5.97 Å². The van der Waals surface area contributed by atoms with E-state index in [1.807, 2.05) is 55.7 Å². The number of aromatic nitrogens is 1. The molecule has 0 fully saturated rings. The molecule has 44 heavy (non-hydrogen) atoms. The number of halogens is 2. The Balaban J connectivity index is 2.05. The summed E-state index contributed by atoms with van der Waals surface area (Å²) in [4.78, 5) is 38.9. The summed E-state index contributed by atoms with van der Waals surface area (Å²) >= 11 is 0. The van der Waals surface area contributed by atoms with Gasteiger partial charge in [-0.2, -0.15) is 0 Å². The van der Waals surface area contributed by atoms with Crippen molar-refractivity contribution in [3.63, 3.8) is 0 Å². The van der Waals surface area contributed by atoms with Gasteiger partial charge in [-0.1, -0.05) is 51.1 Å². The summed E-state index contributed by atoms with van der Waals surface area (Å²) in [6.07, 6.45) is 1.66. The Morgan fingerprint density at radius 1 is 1.07 bits per heavy atom. The number of hydrogen-bond donors (Lipinski definition) is 5. The van der Waals surface area contributed by atoms with E-state index < -0.39 is 59.6 Å². The van der Waals surface area contributed by atoms with Gasteiger partial charge in [-0.05, 0) is 48.7 Å². The van der Waals surface area contributed by atoms with Crippen LogP contribution in [0, 0.1) is 17.0 Å². The maximum absolute atomic E-state index is 14.9. The lowest BCUT2D eigenvalue weighted by atomic mass is 9.82. The fourth-order valence-electron chi connectivity index (χ4n) is 5.19. The number of rotatable bonds is 14. The largest absolute Gasteiger partial charge is 0.480 e. The van der Waals surface area contributed by atoms with Crippen molar-refractivity contribution in [1.82, 2.24) is 20.1 Å². The standard InChI is InChI=1S/C32H41F2N5O5/c1-32(2,3)29(39(28(41)19-40)13-12-25(35)30(42)37-26(16-36-4)31(43)44)27-14-21(23-15-22(33)10-11-24(23)34)18-38(27)17-20-8-6-5-7-9-20/h5-11,14-15,18,25-26,29,36,40H,12-13,16-17,19,35H2,1-4H3,(H,37,42)(H,43,44)/t25-,26+,29-/m0/s1. The molecule has 238 valence electrons. The molecule has 6 N–H and O–H groups in total. The highest BCUT2D eigenvalue weighted by Crippen LogP contribution is 2.41. The summed E-state index contributed by atoms with van der Waals surface area (Å²) in [5.41, 5.74) is 7.47. The summed E-state index contributed by atoms with van der Waals surface area (Å²) in [6.45, 7) is 5.17. The zero-order valence-corrected chi connectivity index (χ0v) is 25.4. The number of nitrogens with one attached hydrogen (secondary N) is 2. The highest BCUT2D eigenvalue weighted by Gasteiger charge is 2.37. The molecule has 12 heteroatoms. The first-order chi connectivity index (χ1) is 20.8. The van der Waals surface area contributed by atoms with Gasteiger partial charge in [-0.25, -0.2) is 13.6 Å². The van der Waals surface area contributed by atoms with Gasteiger partial charge in [0.2, 0.25) is 11.8 Å². The van der Waals surface area contributed by atoms with Gasteiger partial charge in [0, 0.05) is 42.7 Å². The van der Waals surface area contributed by atoms with Crippen LogP contribution in [0.3, 0.4) is 0 Å². The predicted molar refractivity (Wildman–Crippen MR) is 162 cm³/mol. The first-order valence-corrected chi connectivity index (χ1v) is 14.3. The minimum atomic E-state index is -1.23. The molecule has 0 radical (unpaired) electrons. The first-order valence-electron chi connectivity index (χ1n) is 14.3. The summed E-state index contributed by atoms with van der Waals surface area (Å²) in [7, 11) is 1.55. The molecule has 1 heterocycles. The maximum Gasteiger partial charge on any atom is 0.327 e. The van der Waals surface area contributed by atoms with E-state index in [-0.39, 0.29) is 25.1 Å². The second kappa shape index (κ2) is 15.0. The Hall–Kier alpha value is -4.13. The van der Waals surface area contributed by atoms with Crippen molar-refractivity contribution in [3.05, 3.63) is 83.7 Å². The Bertz CT molecular complexity index is 1440. The molecule has 2 aromatic carbocycles. The van der Waals surface area contributed by atoms with Crippen LogP contribution in [0.4, 0.5) is 8.78 Å². The quantitative estimate of drug-likeness (QED) is 0.188. The number of likely N-dealkylation sites (N-methyl/N-ethyl adjacent to an activating group) is 1. The van der Waals surface area contributed by atoms with Crippen molar-refractivity contribution in [2.45, 2.75) is 51.9 Å². The zero-order chi connectivity index (χ0) is 32.6. The van der Waals surface area contributed by atoms with Gasteiger partial charge in [0.05, 0.1) is 12.1 Å². The number of carboxylic acid groups (broad SMARTS) is 1. The lowest BCUT2D eigenvalue weighted by Crippen LogP contribution is -2.53. The van der Waals surface area contributed by atoms with Crippen LogP contribution in [-0.2, 0) is 20.9 Å². The van der Waals surface area contributed by atoms with E-state index in [0.29, 0.717) is 17.8 Å². The Kier molecular flexibility index (Phi) is 11.7. The molecule has 3 rings (SSSR count). The molecule has 10 nitrogen and oxygen atoms in total. The van der Waals surface area contributed by atoms with E-state index in [4.69, 9.17) is 5.73 Å². The average molecular weight is 614 g/mol. The fraction of sp³-hybridized carbons (Fsp3) is 0.406. The van der Waals surface area contributed by atoms with Crippen LogP contribution in [0.5, 0.6) is 0 Å². The number of nitrogens with zero attached hydrogens (tertiary/aromatic N) is 2. The average Bonchev–Trinajstić information content (AvgIpc) is 3.37. The monoisotopic (exact) mass is 613 g/mol. The van der Waals surface area contributed by atoms with Gasteiger partial charge in [0.15, 0.2) is 0 Å². The van der Waals surface area contributed by atoms with Crippen LogP contribution in [-0.4, -0.2) is 76.3 Å². The summed E-state index contributed by atoms with van der Waals surface area (Å²) < 4.78 is 31.0. The highest BCUT2D eigenvalue weighted by molar-refractivity contribution is 5.87. The van der Waals surface area contributed by atoms with Crippen molar-refractivity contribution in [2.24, 2.45) is 11.1 Å². The number of carbonyl (C=O) groups is 3. The summed E-state index contributed by atoms with van der Waals surface area (Å²) in [5, 5.41) is 24.4. The first kappa shape index (κ1) is 34.4. The summed E-state index contributed by atoms with van der Waals surface area (Å²) in [5.74, 6) is -3.76. The molecule has 0 unspecified atom stereocenters. The molecule has 0 aliphatic heterocycles. The fourth-order valence-corrected chi connectivity index (χ4v) is 5.19. The molecule has 0 bridgehead atoms. The van der Waals surface area contributed by atoms with Crippen LogP contribution < -0.4 is 16.4 Å². The van der Waals surface area contributed by atoms with Crippen LogP contribution in [0.2, 0.25) is 0 Å². The number of benzene rings is 2. The molecular weight excluding hydrogens is 572 g/mol. The molecule has 3 atom stereocenters. The lowest BCUT2D eigenvalue weighted by Gasteiger charge is -2.41. The van der Waals surface area contributed by atoms with Crippen molar-refractivity contribution < 1.29 is 33.4 Å². The summed E-state index contributed by atoms with van der Waals surface area (Å²) in [6, 6.07) is 11.3. The molecule has 2 amide bonds. The molecular formula is C32H41F2N5O5. The number of carboxylic acids is 1. The number of nitrogens with two attached hydrogens (primary N) is 1. The Morgan fingerprint density at radius 2 is 1.75 bits per heavy atom. The van der Waals surface area contributed by atoms with E-state index in [2.05, 4.69) is 10.6 Å². The smallest absolute Gasteiger partial charge is 0.327 e. The van der Waals surface area contributed by atoms with E-state index in [1.54, 1.807) is 19.3 Å². The second-order valence-corrected chi connectivity index (χ2v) is 11.8. The molecule has 0 aliphatic carbocycles. The van der Waals surface area contributed by atoms with E-state index in [0.717, 1.165) is 23.8 Å². The van der Waals surface area contributed by atoms with Crippen molar-refractivity contribution >= 4 is 17.8 Å². The Morgan fingerprint density at radius 3 is 2.34 bits per heavy atom. The second-order valence-electron chi connectivity index (χ2n) is 11.8. The number of aliphatic hydroxyl groups excluding tert-OH is 1. The third-order valence-corrected chi connectivity index (χ3v) is 7.27. The van der Waals surface area contributed by atoms with Crippen molar-refractivity contribution in [2.75, 3.05) is 26.7 Å². The number of aliphatic hydroxyl groups is 1. The maximum atomic E-state index is 14.9. The van der Waals surface area contributed by atoms with Gasteiger partial charge in [-0.3, -0.25) is 9.59 Å². The molecule has 0 aliphatic rings. The molecule has 0 saturated heterocycles. The molecule has 0 saturated carbocycles. The van der Waals surface area contributed by atoms with Crippen LogP contribution in [0.15, 0.2) is 60.8 Å². The SMILES string of the molecule is CNC[C@@H](NC(=O)[C@@H](N)CCN(C(=O)CO)[C@@H](c1cc(-c2cc(F)ccc2F)cn1Cc1ccccc1)C(C)(C)C)C(=O)O. The van der Waals surface area contributed by atoms with Gasteiger partial charge < -0.3 is 36.0 Å².